The van der Waals surface area contributed by atoms with E-state index in [9.17, 15) is 4.79 Å². The Labute approximate surface area is 107 Å². The largest absolute Gasteiger partial charge is 0.480 e. The molecule has 3 heteroatoms. The second kappa shape index (κ2) is 7.17. The van der Waals surface area contributed by atoms with Crippen LogP contribution in [0.3, 0.4) is 0 Å². The first-order valence-corrected chi connectivity index (χ1v) is 6.67. The second-order valence-corrected chi connectivity index (χ2v) is 5.41. The van der Waals surface area contributed by atoms with Crippen LogP contribution in [0.1, 0.15) is 18.9 Å². The molecule has 0 heterocycles. The number of carboxylic acid groups (broad SMARTS) is 1. The van der Waals surface area contributed by atoms with Crippen molar-refractivity contribution in [2.45, 2.75) is 25.0 Å². The molecule has 0 aromatic heterocycles. The van der Waals surface area contributed by atoms with Crippen LogP contribution in [0.25, 0.3) is 0 Å². The van der Waals surface area contributed by atoms with E-state index < -0.39 is 5.97 Å². The third kappa shape index (κ3) is 5.59. The topological polar surface area (TPSA) is 37.3 Å². The fraction of sp³-hybridized carbons (Fsp3) is 0.357. The van der Waals surface area contributed by atoms with E-state index in [1.807, 2.05) is 37.3 Å². The summed E-state index contributed by atoms with van der Waals surface area (Å²) in [7, 11) is 0. The van der Waals surface area contributed by atoms with E-state index in [2.05, 4.69) is 6.58 Å². The normalized spacial score (nSPS) is 12.1. The molecular weight excluding hydrogens is 232 g/mol. The molecule has 0 spiro atoms. The van der Waals surface area contributed by atoms with Gasteiger partial charge in [-0.2, -0.15) is 0 Å². The van der Waals surface area contributed by atoms with Gasteiger partial charge in [-0.15, -0.1) is 18.3 Å². The zero-order chi connectivity index (χ0) is 12.7. The number of thioether (sulfide) groups is 1. The van der Waals surface area contributed by atoms with Crippen LogP contribution in [0.5, 0.6) is 0 Å². The van der Waals surface area contributed by atoms with Gasteiger partial charge in [0.1, 0.15) is 5.25 Å². The Bertz CT molecular complexity index is 373. The maximum atomic E-state index is 11.1. The van der Waals surface area contributed by atoms with Crippen LogP contribution in [-0.2, 0) is 11.2 Å². The summed E-state index contributed by atoms with van der Waals surface area (Å²) < 4.78 is 0. The van der Waals surface area contributed by atoms with Gasteiger partial charge in [-0.25, -0.2) is 0 Å². The lowest BCUT2D eigenvalue weighted by Gasteiger charge is -2.12. The van der Waals surface area contributed by atoms with Crippen molar-refractivity contribution in [3.63, 3.8) is 0 Å². The molecule has 1 aromatic rings. The predicted molar refractivity (Wildman–Crippen MR) is 73.5 cm³/mol. The van der Waals surface area contributed by atoms with E-state index in [0.717, 1.165) is 23.3 Å². The molecule has 0 aliphatic carbocycles. The lowest BCUT2D eigenvalue weighted by molar-refractivity contribution is -0.136. The maximum Gasteiger partial charge on any atom is 0.316 e. The molecule has 0 aliphatic rings. The molecule has 17 heavy (non-hydrogen) atoms. The fourth-order valence-corrected chi connectivity index (χ4v) is 2.62. The van der Waals surface area contributed by atoms with Gasteiger partial charge in [0.2, 0.25) is 0 Å². The van der Waals surface area contributed by atoms with Gasteiger partial charge >= 0.3 is 5.97 Å². The molecule has 0 bridgehead atoms. The van der Waals surface area contributed by atoms with Crippen LogP contribution in [0, 0.1) is 0 Å². The summed E-state index contributed by atoms with van der Waals surface area (Å²) in [5.41, 5.74) is 2.17. The van der Waals surface area contributed by atoms with Crippen LogP contribution in [-0.4, -0.2) is 22.1 Å². The highest BCUT2D eigenvalue weighted by atomic mass is 32.2. The van der Waals surface area contributed by atoms with Crippen LogP contribution < -0.4 is 0 Å². The van der Waals surface area contributed by atoms with Crippen molar-refractivity contribution in [2.24, 2.45) is 0 Å². The minimum atomic E-state index is -0.736. The van der Waals surface area contributed by atoms with Crippen molar-refractivity contribution in [1.82, 2.24) is 0 Å². The first-order chi connectivity index (χ1) is 8.09. The Morgan fingerprint density at radius 1 is 1.41 bits per heavy atom. The molecule has 1 N–H and O–H groups in total. The number of hydrogen-bond donors (Lipinski definition) is 1. The molecule has 92 valence electrons. The minimum Gasteiger partial charge on any atom is -0.480 e. The number of allylic oxidation sites excluding steroid dienone is 1. The lowest BCUT2D eigenvalue weighted by Crippen LogP contribution is -2.19. The highest BCUT2D eigenvalue weighted by Crippen LogP contribution is 2.19. The quantitative estimate of drug-likeness (QED) is 0.754. The van der Waals surface area contributed by atoms with Crippen molar-refractivity contribution < 1.29 is 9.90 Å². The monoisotopic (exact) mass is 250 g/mol. The van der Waals surface area contributed by atoms with Gasteiger partial charge in [0.05, 0.1) is 0 Å². The van der Waals surface area contributed by atoms with Crippen LogP contribution in [0.4, 0.5) is 0 Å². The first kappa shape index (κ1) is 13.8. The van der Waals surface area contributed by atoms with Crippen LogP contribution in [0.2, 0.25) is 0 Å². The molecule has 1 rings (SSSR count). The molecule has 0 saturated carbocycles. The highest BCUT2D eigenvalue weighted by Gasteiger charge is 2.17. The molecule has 0 radical (unpaired) electrons. The fourth-order valence-electron chi connectivity index (χ4n) is 1.42. The van der Waals surface area contributed by atoms with Gasteiger partial charge in [-0.1, -0.05) is 35.9 Å². The average molecular weight is 250 g/mol. The Balaban J connectivity index is 2.49. The summed E-state index contributed by atoms with van der Waals surface area (Å²) in [5.74, 6) is 0.0830. The number of hydrogen-bond acceptors (Lipinski definition) is 2. The SMILES string of the molecule is C=C(C)CCSC(Cc1ccccc1)C(=O)O. The third-order valence-corrected chi connectivity index (χ3v) is 3.60. The van der Waals surface area contributed by atoms with Crippen molar-refractivity contribution in [1.29, 1.82) is 0 Å². The van der Waals surface area contributed by atoms with Crippen LogP contribution >= 0.6 is 11.8 Å². The summed E-state index contributed by atoms with van der Waals surface area (Å²) >= 11 is 1.49. The van der Waals surface area contributed by atoms with E-state index in [4.69, 9.17) is 5.11 Å². The van der Waals surface area contributed by atoms with Gasteiger partial charge in [0.15, 0.2) is 0 Å². The van der Waals surface area contributed by atoms with E-state index in [-0.39, 0.29) is 5.25 Å². The second-order valence-electron chi connectivity index (χ2n) is 4.09. The van der Waals surface area contributed by atoms with E-state index in [0.29, 0.717) is 6.42 Å². The summed E-state index contributed by atoms with van der Waals surface area (Å²) in [6, 6.07) is 9.75. The smallest absolute Gasteiger partial charge is 0.316 e. The Morgan fingerprint density at radius 2 is 2.06 bits per heavy atom. The maximum absolute atomic E-state index is 11.1. The van der Waals surface area contributed by atoms with Gasteiger partial charge in [0.25, 0.3) is 0 Å². The Kier molecular flexibility index (Phi) is 5.84. The number of carbonyl (C=O) groups is 1. The number of carboxylic acids is 1. The molecule has 0 aliphatic heterocycles. The van der Waals surface area contributed by atoms with E-state index >= 15 is 0 Å². The highest BCUT2D eigenvalue weighted by molar-refractivity contribution is 8.00. The summed E-state index contributed by atoms with van der Waals surface area (Å²) in [6.07, 6.45) is 1.46. The Hall–Kier alpha value is -1.22. The molecular formula is C14H18O2S. The zero-order valence-electron chi connectivity index (χ0n) is 10.1. The molecule has 0 saturated heterocycles. The minimum absolute atomic E-state index is 0.364. The molecule has 2 nitrogen and oxygen atoms in total. The standard InChI is InChI=1S/C14H18O2S/c1-11(2)8-9-17-13(14(15)16)10-12-6-4-3-5-7-12/h3-7,13H,1,8-10H2,2H3,(H,15,16). The molecule has 1 atom stereocenters. The van der Waals surface area contributed by atoms with Gasteiger partial charge in [-0.05, 0) is 31.1 Å². The van der Waals surface area contributed by atoms with Gasteiger partial charge in [-0.3, -0.25) is 4.79 Å². The van der Waals surface area contributed by atoms with Crippen molar-refractivity contribution in [3.05, 3.63) is 48.0 Å². The number of rotatable bonds is 7. The number of benzene rings is 1. The average Bonchev–Trinajstić information content (AvgIpc) is 2.28. The van der Waals surface area contributed by atoms with Crippen molar-refractivity contribution in [3.8, 4) is 0 Å². The summed E-state index contributed by atoms with van der Waals surface area (Å²) in [5, 5.41) is 8.79. The summed E-state index contributed by atoms with van der Waals surface area (Å²) in [6.45, 7) is 5.79. The molecule has 1 aromatic carbocycles. The Morgan fingerprint density at radius 3 is 2.59 bits per heavy atom. The van der Waals surface area contributed by atoms with Crippen LogP contribution in [0.15, 0.2) is 42.5 Å². The summed E-state index contributed by atoms with van der Waals surface area (Å²) in [4.78, 5) is 11.1. The number of aliphatic carboxylic acids is 1. The van der Waals surface area contributed by atoms with Crippen molar-refractivity contribution >= 4 is 17.7 Å². The van der Waals surface area contributed by atoms with Crippen molar-refractivity contribution in [2.75, 3.05) is 5.75 Å². The van der Waals surface area contributed by atoms with Gasteiger partial charge < -0.3 is 5.11 Å². The third-order valence-electron chi connectivity index (χ3n) is 2.39. The lowest BCUT2D eigenvalue weighted by atomic mass is 10.1. The van der Waals surface area contributed by atoms with E-state index in [1.54, 1.807) is 0 Å². The molecule has 1 unspecified atom stereocenters. The van der Waals surface area contributed by atoms with Gasteiger partial charge in [0, 0.05) is 0 Å². The zero-order valence-corrected chi connectivity index (χ0v) is 10.9. The first-order valence-electron chi connectivity index (χ1n) is 5.62. The predicted octanol–water partition coefficient (Wildman–Crippen LogP) is 3.38. The van der Waals surface area contributed by atoms with E-state index in [1.165, 1.54) is 11.8 Å². The molecule has 0 amide bonds. The molecule has 0 fully saturated rings.